The first-order valence-corrected chi connectivity index (χ1v) is 9.20. The topological polar surface area (TPSA) is 40.6 Å². The van der Waals surface area contributed by atoms with Crippen molar-refractivity contribution in [2.45, 2.75) is 26.2 Å². The third-order valence-electron chi connectivity index (χ3n) is 4.94. The minimum absolute atomic E-state index is 0.00987. The number of rotatable bonds is 2. The third kappa shape index (κ3) is 4.35. The molecule has 4 nitrogen and oxygen atoms in total. The van der Waals surface area contributed by atoms with E-state index in [4.69, 9.17) is 0 Å². The fourth-order valence-electron chi connectivity index (χ4n) is 3.18. The predicted octanol–water partition coefficient (Wildman–Crippen LogP) is 3.72. The van der Waals surface area contributed by atoms with E-state index < -0.39 is 0 Å². The molecule has 3 rings (SSSR count). The maximum atomic E-state index is 13.0. The van der Waals surface area contributed by atoms with Gasteiger partial charge in [0.15, 0.2) is 0 Å². The molecule has 0 unspecified atom stereocenters. The average Bonchev–Trinajstić information content (AvgIpc) is 2.67. The van der Waals surface area contributed by atoms with E-state index in [1.165, 1.54) is 29.8 Å². The van der Waals surface area contributed by atoms with Crippen LogP contribution >= 0.6 is 0 Å². The van der Waals surface area contributed by atoms with Gasteiger partial charge in [-0.3, -0.25) is 9.59 Å². The van der Waals surface area contributed by atoms with E-state index in [9.17, 15) is 14.0 Å². The van der Waals surface area contributed by atoms with Crippen LogP contribution in [0.5, 0.6) is 0 Å². The summed E-state index contributed by atoms with van der Waals surface area (Å²) in [5.41, 5.74) is 2.37. The van der Waals surface area contributed by atoms with Crippen molar-refractivity contribution in [3.63, 3.8) is 0 Å². The van der Waals surface area contributed by atoms with Crippen LogP contribution in [0.25, 0.3) is 0 Å². The number of amides is 2. The molecule has 0 radical (unpaired) electrons. The fourth-order valence-corrected chi connectivity index (χ4v) is 3.18. The van der Waals surface area contributed by atoms with Crippen molar-refractivity contribution in [1.29, 1.82) is 0 Å². The second-order valence-corrected chi connectivity index (χ2v) is 7.92. The van der Waals surface area contributed by atoms with Crippen molar-refractivity contribution < 1.29 is 14.0 Å². The van der Waals surface area contributed by atoms with E-state index in [0.717, 1.165) is 0 Å². The lowest BCUT2D eigenvalue weighted by atomic mass is 9.86. The highest BCUT2D eigenvalue weighted by molar-refractivity contribution is 5.96. The Morgan fingerprint density at radius 3 is 1.48 bits per heavy atom. The minimum atomic E-state index is -0.362. The normalized spacial score (nSPS) is 15.0. The second-order valence-electron chi connectivity index (χ2n) is 7.92. The van der Waals surface area contributed by atoms with E-state index in [1.54, 1.807) is 9.80 Å². The third-order valence-corrected chi connectivity index (χ3v) is 4.94. The molecule has 0 N–H and O–H groups in total. The number of benzene rings is 2. The smallest absolute Gasteiger partial charge is 0.253 e. The maximum Gasteiger partial charge on any atom is 0.253 e. The molecule has 0 aliphatic carbocycles. The van der Waals surface area contributed by atoms with Crippen LogP contribution in [0.2, 0.25) is 0 Å². The molecule has 5 heteroatoms. The summed E-state index contributed by atoms with van der Waals surface area (Å²) < 4.78 is 13.0. The number of hydrogen-bond acceptors (Lipinski definition) is 2. The molecule has 0 saturated carbocycles. The summed E-state index contributed by atoms with van der Waals surface area (Å²) >= 11 is 0. The number of carbonyl (C=O) groups is 2. The highest BCUT2D eigenvalue weighted by Gasteiger charge is 2.25. The molecule has 0 atom stereocenters. The lowest BCUT2D eigenvalue weighted by Crippen LogP contribution is -2.50. The van der Waals surface area contributed by atoms with E-state index in [-0.39, 0.29) is 23.0 Å². The highest BCUT2D eigenvalue weighted by Crippen LogP contribution is 2.22. The summed E-state index contributed by atoms with van der Waals surface area (Å²) in [6.07, 6.45) is 0. The molecule has 2 aromatic carbocycles. The highest BCUT2D eigenvalue weighted by atomic mass is 19.1. The molecule has 1 saturated heterocycles. The molecule has 2 aromatic rings. The van der Waals surface area contributed by atoms with E-state index in [1.807, 2.05) is 24.3 Å². The van der Waals surface area contributed by atoms with E-state index in [0.29, 0.717) is 37.3 Å². The zero-order valence-corrected chi connectivity index (χ0v) is 16.0. The van der Waals surface area contributed by atoms with Gasteiger partial charge in [0.05, 0.1) is 0 Å². The number of piperazine rings is 1. The van der Waals surface area contributed by atoms with Crippen LogP contribution in [0.3, 0.4) is 0 Å². The quantitative estimate of drug-likeness (QED) is 0.811. The molecule has 1 aliphatic rings. The van der Waals surface area contributed by atoms with Crippen LogP contribution < -0.4 is 0 Å². The summed E-state index contributed by atoms with van der Waals surface area (Å²) in [6.45, 7) is 8.35. The predicted molar refractivity (Wildman–Crippen MR) is 103 cm³/mol. The van der Waals surface area contributed by atoms with Gasteiger partial charge in [-0.2, -0.15) is 0 Å². The fraction of sp³-hybridized carbons (Fsp3) is 0.364. The van der Waals surface area contributed by atoms with Crippen LogP contribution in [-0.4, -0.2) is 47.8 Å². The molecular weight excluding hydrogens is 343 g/mol. The standard InChI is InChI=1S/C22H25FN2O2/c1-22(2,3)18-8-4-16(5-9-18)20(26)24-12-14-25(15-13-24)21(27)17-6-10-19(23)11-7-17/h4-11H,12-15H2,1-3H3. The Bertz CT molecular complexity index is 815. The van der Waals surface area contributed by atoms with Gasteiger partial charge < -0.3 is 9.80 Å². The van der Waals surface area contributed by atoms with Crippen molar-refractivity contribution in [3.8, 4) is 0 Å². The van der Waals surface area contributed by atoms with Crippen LogP contribution in [0.1, 0.15) is 47.1 Å². The monoisotopic (exact) mass is 368 g/mol. The Morgan fingerprint density at radius 2 is 1.11 bits per heavy atom. The number of carbonyl (C=O) groups excluding carboxylic acids is 2. The first kappa shape index (κ1) is 19.1. The summed E-state index contributed by atoms with van der Waals surface area (Å²) in [5.74, 6) is -0.500. The first-order valence-electron chi connectivity index (χ1n) is 9.20. The molecule has 0 bridgehead atoms. The molecule has 27 heavy (non-hydrogen) atoms. The lowest BCUT2D eigenvalue weighted by molar-refractivity contribution is 0.0535. The van der Waals surface area contributed by atoms with Crippen molar-refractivity contribution in [1.82, 2.24) is 9.80 Å². The zero-order chi connectivity index (χ0) is 19.6. The van der Waals surface area contributed by atoms with Crippen LogP contribution in [0, 0.1) is 5.82 Å². The van der Waals surface area contributed by atoms with E-state index >= 15 is 0 Å². The van der Waals surface area contributed by atoms with Gasteiger partial charge in [-0.25, -0.2) is 4.39 Å². The van der Waals surface area contributed by atoms with Crippen molar-refractivity contribution in [3.05, 3.63) is 71.0 Å². The molecule has 1 fully saturated rings. The largest absolute Gasteiger partial charge is 0.335 e. The Balaban J connectivity index is 1.60. The van der Waals surface area contributed by atoms with Crippen molar-refractivity contribution in [2.24, 2.45) is 0 Å². The Labute approximate surface area is 159 Å². The number of nitrogens with zero attached hydrogens (tertiary/aromatic N) is 2. The molecular formula is C22H25FN2O2. The molecule has 1 heterocycles. The van der Waals surface area contributed by atoms with Gasteiger partial charge in [0.1, 0.15) is 5.82 Å². The van der Waals surface area contributed by atoms with Crippen LogP contribution in [0.15, 0.2) is 48.5 Å². The van der Waals surface area contributed by atoms with Crippen LogP contribution in [-0.2, 0) is 5.41 Å². The molecule has 0 aromatic heterocycles. The Hall–Kier alpha value is -2.69. The Morgan fingerprint density at radius 1 is 0.741 bits per heavy atom. The molecule has 142 valence electrons. The maximum absolute atomic E-state index is 13.0. The summed E-state index contributed by atoms with van der Waals surface area (Å²) in [7, 11) is 0. The summed E-state index contributed by atoms with van der Waals surface area (Å²) in [5, 5.41) is 0. The second kappa shape index (κ2) is 7.51. The van der Waals surface area contributed by atoms with Gasteiger partial charge in [-0.1, -0.05) is 32.9 Å². The van der Waals surface area contributed by atoms with Gasteiger partial charge in [0, 0.05) is 37.3 Å². The van der Waals surface area contributed by atoms with Gasteiger partial charge in [0.25, 0.3) is 11.8 Å². The number of hydrogen-bond donors (Lipinski definition) is 0. The molecule has 1 aliphatic heterocycles. The van der Waals surface area contributed by atoms with Gasteiger partial charge in [-0.15, -0.1) is 0 Å². The van der Waals surface area contributed by atoms with Gasteiger partial charge in [0.2, 0.25) is 0 Å². The van der Waals surface area contributed by atoms with Crippen molar-refractivity contribution >= 4 is 11.8 Å². The SMILES string of the molecule is CC(C)(C)c1ccc(C(=O)N2CCN(C(=O)c3ccc(F)cc3)CC2)cc1. The van der Waals surface area contributed by atoms with Gasteiger partial charge in [-0.05, 0) is 47.4 Å². The average molecular weight is 368 g/mol. The summed E-state index contributed by atoms with van der Waals surface area (Å²) in [4.78, 5) is 28.7. The van der Waals surface area contributed by atoms with Crippen LogP contribution in [0.4, 0.5) is 4.39 Å². The Kier molecular flexibility index (Phi) is 5.31. The van der Waals surface area contributed by atoms with E-state index in [2.05, 4.69) is 20.8 Å². The first-order chi connectivity index (χ1) is 12.8. The number of halogens is 1. The van der Waals surface area contributed by atoms with Gasteiger partial charge >= 0.3 is 0 Å². The molecule has 0 spiro atoms. The lowest BCUT2D eigenvalue weighted by Gasteiger charge is -2.35. The summed E-state index contributed by atoms with van der Waals surface area (Å²) in [6, 6.07) is 13.3. The molecule has 2 amide bonds. The zero-order valence-electron chi connectivity index (χ0n) is 16.0. The minimum Gasteiger partial charge on any atom is -0.335 e. The van der Waals surface area contributed by atoms with Crippen molar-refractivity contribution in [2.75, 3.05) is 26.2 Å².